The number of nitrogens with one attached hydrogen (secondary N) is 3. The van der Waals surface area contributed by atoms with Crippen molar-refractivity contribution < 1.29 is 13.9 Å². The van der Waals surface area contributed by atoms with Crippen molar-refractivity contribution in [3.05, 3.63) is 52.6 Å². The molecule has 1 aliphatic heterocycles. The number of halogens is 2. The molecule has 2 aromatic rings. The molecule has 9 heteroatoms. The molecule has 0 unspecified atom stereocenters. The first-order chi connectivity index (χ1) is 15.1. The summed E-state index contributed by atoms with van der Waals surface area (Å²) in [5.74, 6) is 0.320. The van der Waals surface area contributed by atoms with Gasteiger partial charge in [-0.3, -0.25) is 14.8 Å². The highest BCUT2D eigenvalue weighted by Crippen LogP contribution is 2.24. The zero-order valence-electron chi connectivity index (χ0n) is 17.5. The van der Waals surface area contributed by atoms with E-state index in [-0.39, 0.29) is 17.5 Å². The predicted octanol–water partition coefficient (Wildman–Crippen LogP) is 3.10. The summed E-state index contributed by atoms with van der Waals surface area (Å²) >= 11 is 5.77. The lowest BCUT2D eigenvalue weighted by Crippen LogP contribution is -2.33. The molecule has 0 bridgehead atoms. The second-order valence-corrected chi connectivity index (χ2v) is 7.66. The maximum Gasteiger partial charge on any atom is 0.253 e. The van der Waals surface area contributed by atoms with Crippen LogP contribution in [-0.2, 0) is 6.54 Å². The Morgan fingerprint density at radius 3 is 2.94 bits per heavy atom. The van der Waals surface area contributed by atoms with Gasteiger partial charge in [-0.1, -0.05) is 11.6 Å². The van der Waals surface area contributed by atoms with Crippen LogP contribution >= 0.6 is 11.6 Å². The minimum atomic E-state index is -0.505. The van der Waals surface area contributed by atoms with Gasteiger partial charge in [-0.05, 0) is 56.6 Å². The van der Waals surface area contributed by atoms with Gasteiger partial charge in [0.2, 0.25) is 0 Å². The lowest BCUT2D eigenvalue weighted by atomic mass is 9.98. The largest absolute Gasteiger partial charge is 0.488 e. The Morgan fingerprint density at radius 1 is 1.39 bits per heavy atom. The summed E-state index contributed by atoms with van der Waals surface area (Å²) in [6, 6.07) is 5.78. The molecule has 0 atom stereocenters. The van der Waals surface area contributed by atoms with Crippen molar-refractivity contribution >= 4 is 29.4 Å². The zero-order chi connectivity index (χ0) is 22.1. The minimum Gasteiger partial charge on any atom is -0.488 e. The SMILES string of the molecule is CNC(=O)c1ccnc(CNCC2CCNCC2)c1/N=C/COc1ccc(F)c(Cl)c1. The summed E-state index contributed by atoms with van der Waals surface area (Å²) in [7, 11) is 1.58. The molecule has 0 spiro atoms. The number of hydrogen-bond acceptors (Lipinski definition) is 6. The summed E-state index contributed by atoms with van der Waals surface area (Å²) < 4.78 is 18.8. The molecule has 1 aliphatic rings. The molecular weight excluding hydrogens is 421 g/mol. The summed E-state index contributed by atoms with van der Waals surface area (Å²) in [5, 5.41) is 9.44. The number of aromatic nitrogens is 1. The van der Waals surface area contributed by atoms with E-state index in [4.69, 9.17) is 16.3 Å². The molecule has 0 saturated carbocycles. The Balaban J connectivity index is 1.67. The summed E-state index contributed by atoms with van der Waals surface area (Å²) in [6.07, 6.45) is 5.46. The molecule has 3 N–H and O–H groups in total. The number of hydrogen-bond donors (Lipinski definition) is 3. The van der Waals surface area contributed by atoms with Crippen LogP contribution in [0.1, 0.15) is 28.9 Å². The standard InChI is InChI=1S/C22H27ClFN5O2/c1-25-22(30)17-6-9-28-20(14-27-13-15-4-7-26-8-5-15)21(17)29-10-11-31-16-2-3-19(24)18(23)12-16/h2-3,6,9-10,12,15,26-27H,4-5,7-8,11,13-14H2,1H3,(H,25,30)/b29-10+. The number of carbonyl (C=O) groups is 1. The molecule has 166 valence electrons. The Kier molecular flexibility index (Phi) is 8.75. The number of benzene rings is 1. The van der Waals surface area contributed by atoms with Crippen LogP contribution in [-0.4, -0.2) is 50.4 Å². The van der Waals surface area contributed by atoms with Crippen molar-refractivity contribution in [1.29, 1.82) is 0 Å². The predicted molar refractivity (Wildman–Crippen MR) is 120 cm³/mol. The van der Waals surface area contributed by atoms with E-state index >= 15 is 0 Å². The van der Waals surface area contributed by atoms with E-state index in [1.807, 2.05) is 0 Å². The average molecular weight is 448 g/mol. The first-order valence-electron chi connectivity index (χ1n) is 10.3. The van der Waals surface area contributed by atoms with Gasteiger partial charge in [0.25, 0.3) is 5.91 Å². The number of rotatable bonds is 9. The van der Waals surface area contributed by atoms with E-state index in [1.165, 1.54) is 18.2 Å². The lowest BCUT2D eigenvalue weighted by molar-refractivity contribution is 0.0963. The van der Waals surface area contributed by atoms with Crippen LogP contribution in [0.25, 0.3) is 0 Å². The molecule has 1 amide bonds. The first kappa shape index (κ1) is 23.1. The van der Waals surface area contributed by atoms with E-state index in [2.05, 4.69) is 25.9 Å². The fourth-order valence-corrected chi connectivity index (χ4v) is 3.57. The maximum atomic E-state index is 13.3. The van der Waals surface area contributed by atoms with Gasteiger partial charge < -0.3 is 20.7 Å². The molecular formula is C22H27ClFN5O2. The average Bonchev–Trinajstić information content (AvgIpc) is 2.79. The fourth-order valence-electron chi connectivity index (χ4n) is 3.40. The van der Waals surface area contributed by atoms with Crippen molar-refractivity contribution in [2.75, 3.05) is 33.3 Å². The number of carbonyl (C=O) groups excluding carboxylic acids is 1. The summed E-state index contributed by atoms with van der Waals surface area (Å²) in [6.45, 7) is 3.63. The van der Waals surface area contributed by atoms with Crippen molar-refractivity contribution in [3.63, 3.8) is 0 Å². The van der Waals surface area contributed by atoms with E-state index in [9.17, 15) is 9.18 Å². The van der Waals surface area contributed by atoms with Gasteiger partial charge in [-0.25, -0.2) is 4.39 Å². The Hall–Kier alpha value is -2.55. The van der Waals surface area contributed by atoms with Gasteiger partial charge >= 0.3 is 0 Å². The van der Waals surface area contributed by atoms with Crippen LogP contribution in [0.3, 0.4) is 0 Å². The van der Waals surface area contributed by atoms with Crippen molar-refractivity contribution in [3.8, 4) is 5.75 Å². The maximum absolute atomic E-state index is 13.3. The monoisotopic (exact) mass is 447 g/mol. The molecule has 1 fully saturated rings. The Bertz CT molecular complexity index is 919. The number of aliphatic imine (C=N–C) groups is 1. The van der Waals surface area contributed by atoms with Crippen LogP contribution in [0.15, 0.2) is 35.5 Å². The molecule has 0 radical (unpaired) electrons. The van der Waals surface area contributed by atoms with E-state index in [0.717, 1.165) is 32.5 Å². The number of pyridine rings is 1. The van der Waals surface area contributed by atoms with Gasteiger partial charge in [0.1, 0.15) is 18.2 Å². The van der Waals surface area contributed by atoms with Crippen LogP contribution in [0.4, 0.5) is 10.1 Å². The topological polar surface area (TPSA) is 87.6 Å². The van der Waals surface area contributed by atoms with E-state index in [1.54, 1.807) is 25.5 Å². The number of nitrogens with zero attached hydrogens (tertiary/aromatic N) is 2. The summed E-state index contributed by atoms with van der Waals surface area (Å²) in [5.41, 5.74) is 1.63. The second-order valence-electron chi connectivity index (χ2n) is 7.26. The van der Waals surface area contributed by atoms with Crippen molar-refractivity contribution in [2.24, 2.45) is 10.9 Å². The van der Waals surface area contributed by atoms with Crippen LogP contribution in [0.5, 0.6) is 5.75 Å². The molecule has 1 aromatic heterocycles. The fraction of sp³-hybridized carbons (Fsp3) is 0.409. The number of ether oxygens (including phenoxy) is 1. The molecule has 1 saturated heterocycles. The normalized spacial score (nSPS) is 14.7. The summed E-state index contributed by atoms with van der Waals surface area (Å²) in [4.78, 5) is 21.2. The van der Waals surface area contributed by atoms with Crippen LogP contribution < -0.4 is 20.7 Å². The van der Waals surface area contributed by atoms with Crippen LogP contribution in [0.2, 0.25) is 5.02 Å². The zero-order valence-corrected chi connectivity index (χ0v) is 18.2. The number of amides is 1. The molecule has 7 nitrogen and oxygen atoms in total. The van der Waals surface area contributed by atoms with Gasteiger partial charge in [-0.15, -0.1) is 0 Å². The van der Waals surface area contributed by atoms with Gasteiger partial charge in [-0.2, -0.15) is 0 Å². The van der Waals surface area contributed by atoms with Gasteiger partial charge in [0.15, 0.2) is 0 Å². The lowest BCUT2D eigenvalue weighted by Gasteiger charge is -2.22. The molecule has 1 aromatic carbocycles. The smallest absolute Gasteiger partial charge is 0.253 e. The quantitative estimate of drug-likeness (QED) is 0.514. The third-order valence-electron chi connectivity index (χ3n) is 5.09. The van der Waals surface area contributed by atoms with Gasteiger partial charge in [0, 0.05) is 32.1 Å². The first-order valence-corrected chi connectivity index (χ1v) is 10.7. The third-order valence-corrected chi connectivity index (χ3v) is 5.38. The van der Waals surface area contributed by atoms with Crippen LogP contribution in [0, 0.1) is 11.7 Å². The molecule has 0 aliphatic carbocycles. The van der Waals surface area contributed by atoms with E-state index < -0.39 is 5.82 Å². The van der Waals surface area contributed by atoms with Gasteiger partial charge in [0.05, 0.1) is 22.0 Å². The number of piperidine rings is 1. The Labute approximate surface area is 186 Å². The minimum absolute atomic E-state index is 0.00860. The molecule has 3 rings (SSSR count). The third kappa shape index (κ3) is 6.72. The molecule has 2 heterocycles. The highest BCUT2D eigenvalue weighted by molar-refractivity contribution is 6.30. The highest BCUT2D eigenvalue weighted by Gasteiger charge is 2.16. The van der Waals surface area contributed by atoms with E-state index in [0.29, 0.717) is 35.2 Å². The molecule has 31 heavy (non-hydrogen) atoms. The van der Waals surface area contributed by atoms with Crippen molar-refractivity contribution in [1.82, 2.24) is 20.9 Å². The highest BCUT2D eigenvalue weighted by atomic mass is 35.5. The van der Waals surface area contributed by atoms with Crippen molar-refractivity contribution in [2.45, 2.75) is 19.4 Å². The second kappa shape index (κ2) is 11.7. The Morgan fingerprint density at radius 2 is 2.19 bits per heavy atom.